The first-order valence-electron chi connectivity index (χ1n) is 10.5. The molecule has 8 heteroatoms. The van der Waals surface area contributed by atoms with Gasteiger partial charge < -0.3 is 20.5 Å². The van der Waals surface area contributed by atoms with Crippen LogP contribution in [-0.2, 0) is 9.53 Å². The van der Waals surface area contributed by atoms with Gasteiger partial charge in [-0.3, -0.25) is 4.79 Å². The van der Waals surface area contributed by atoms with Crippen LogP contribution in [0.1, 0.15) is 27.4 Å². The number of hydrogen-bond acceptors (Lipinski definition) is 4. The molecule has 3 aromatic carbocycles. The number of fused-ring (bicyclic) bond motifs is 3. The Bertz CT molecular complexity index is 1240. The summed E-state index contributed by atoms with van der Waals surface area (Å²) >= 11 is 0. The molecule has 0 fully saturated rings. The van der Waals surface area contributed by atoms with Crippen LogP contribution in [0.15, 0.2) is 78.9 Å². The monoisotopic (exact) mass is 460 g/mol. The number of benzene rings is 3. The highest BCUT2D eigenvalue weighted by Crippen LogP contribution is 2.44. The minimum Gasteiger partial charge on any atom is -0.478 e. The van der Waals surface area contributed by atoms with Crippen molar-refractivity contribution in [2.24, 2.45) is 0 Å². The van der Waals surface area contributed by atoms with E-state index in [1.807, 2.05) is 36.4 Å². The third-order valence-electron chi connectivity index (χ3n) is 5.44. The summed E-state index contributed by atoms with van der Waals surface area (Å²) in [6.45, 7) is 0.231. The first kappa shape index (κ1) is 22.7. The molecule has 0 atom stereocenters. The topological polar surface area (TPSA) is 105 Å². The number of carboxylic acid groups (broad SMARTS) is 1. The average molecular weight is 460 g/mol. The number of carbonyl (C=O) groups is 3. The third-order valence-corrected chi connectivity index (χ3v) is 5.44. The average Bonchev–Trinajstić information content (AvgIpc) is 3.15. The third kappa shape index (κ3) is 4.96. The Morgan fingerprint density at radius 1 is 0.971 bits per heavy atom. The number of anilines is 1. The van der Waals surface area contributed by atoms with Gasteiger partial charge in [0.25, 0.3) is 0 Å². The molecule has 0 heterocycles. The van der Waals surface area contributed by atoms with Crippen LogP contribution in [0.5, 0.6) is 0 Å². The summed E-state index contributed by atoms with van der Waals surface area (Å²) in [4.78, 5) is 35.1. The van der Waals surface area contributed by atoms with E-state index in [0.717, 1.165) is 34.4 Å². The minimum atomic E-state index is -1.43. The van der Waals surface area contributed by atoms with E-state index < -0.39 is 29.4 Å². The van der Waals surface area contributed by atoms with Crippen molar-refractivity contribution in [3.8, 4) is 11.1 Å². The summed E-state index contributed by atoms with van der Waals surface area (Å²) in [6.07, 6.45) is 1.97. The molecule has 172 valence electrons. The van der Waals surface area contributed by atoms with E-state index in [9.17, 15) is 18.8 Å². The van der Waals surface area contributed by atoms with Gasteiger partial charge in [-0.25, -0.2) is 14.0 Å². The van der Waals surface area contributed by atoms with Crippen molar-refractivity contribution in [3.05, 3.63) is 101 Å². The number of alkyl carbamates (subject to hydrolysis) is 1. The van der Waals surface area contributed by atoms with Crippen molar-refractivity contribution in [2.75, 3.05) is 18.5 Å². The van der Waals surface area contributed by atoms with E-state index in [-0.39, 0.29) is 24.8 Å². The smallest absolute Gasteiger partial charge is 0.407 e. The number of carboxylic acids is 1. The zero-order chi connectivity index (χ0) is 24.1. The number of nitrogens with one attached hydrogen (secondary N) is 2. The summed E-state index contributed by atoms with van der Waals surface area (Å²) in [5, 5.41) is 13.9. The van der Waals surface area contributed by atoms with Gasteiger partial charge in [-0.1, -0.05) is 54.6 Å². The predicted octanol–water partition coefficient (Wildman–Crippen LogP) is 4.56. The lowest BCUT2D eigenvalue weighted by molar-refractivity contribution is -0.111. The fourth-order valence-electron chi connectivity index (χ4n) is 3.91. The normalized spacial score (nSPS) is 12.1. The fraction of sp³-hybridized carbons (Fsp3) is 0.115. The van der Waals surface area contributed by atoms with Crippen molar-refractivity contribution in [1.29, 1.82) is 0 Å². The lowest BCUT2D eigenvalue weighted by atomic mass is 9.98. The van der Waals surface area contributed by atoms with Gasteiger partial charge in [0.1, 0.15) is 12.4 Å². The number of aromatic carboxylic acids is 1. The molecular formula is C26H21FN2O5. The number of amides is 2. The molecule has 0 saturated carbocycles. The van der Waals surface area contributed by atoms with Crippen LogP contribution >= 0.6 is 0 Å². The second kappa shape index (κ2) is 9.99. The molecule has 0 spiro atoms. The first-order valence-corrected chi connectivity index (χ1v) is 10.5. The molecule has 3 N–H and O–H groups in total. The van der Waals surface area contributed by atoms with Crippen LogP contribution in [0.2, 0.25) is 0 Å². The van der Waals surface area contributed by atoms with Gasteiger partial charge in [-0.2, -0.15) is 0 Å². The fourth-order valence-corrected chi connectivity index (χ4v) is 3.91. The molecule has 7 nitrogen and oxygen atoms in total. The Labute approximate surface area is 194 Å². The van der Waals surface area contributed by atoms with E-state index >= 15 is 0 Å². The molecule has 0 unspecified atom stereocenters. The Morgan fingerprint density at radius 2 is 1.62 bits per heavy atom. The summed E-state index contributed by atoms with van der Waals surface area (Å²) in [6, 6.07) is 19.3. The molecule has 0 aliphatic heterocycles. The van der Waals surface area contributed by atoms with Crippen molar-refractivity contribution in [1.82, 2.24) is 5.32 Å². The highest BCUT2D eigenvalue weighted by atomic mass is 19.1. The second-order valence-electron chi connectivity index (χ2n) is 7.60. The summed E-state index contributed by atoms with van der Waals surface area (Å²) in [5.41, 5.74) is 4.09. The van der Waals surface area contributed by atoms with E-state index in [4.69, 9.17) is 9.84 Å². The predicted molar refractivity (Wildman–Crippen MR) is 124 cm³/mol. The molecule has 0 bridgehead atoms. The molecular weight excluding hydrogens is 439 g/mol. The van der Waals surface area contributed by atoms with Crippen LogP contribution in [0, 0.1) is 5.82 Å². The van der Waals surface area contributed by atoms with Crippen LogP contribution in [0.25, 0.3) is 11.1 Å². The molecule has 2 amide bonds. The maximum Gasteiger partial charge on any atom is 0.407 e. The van der Waals surface area contributed by atoms with Crippen LogP contribution in [0.4, 0.5) is 14.9 Å². The number of hydrogen-bond donors (Lipinski definition) is 3. The quantitative estimate of drug-likeness (QED) is 0.449. The van der Waals surface area contributed by atoms with E-state index in [2.05, 4.69) is 22.8 Å². The second-order valence-corrected chi connectivity index (χ2v) is 7.60. The maximum absolute atomic E-state index is 13.4. The van der Waals surface area contributed by atoms with Crippen LogP contribution in [0.3, 0.4) is 0 Å². The Morgan fingerprint density at radius 3 is 2.26 bits per heavy atom. The molecule has 1 aliphatic carbocycles. The Hall–Kier alpha value is -4.46. The van der Waals surface area contributed by atoms with Gasteiger partial charge in [0.2, 0.25) is 5.91 Å². The van der Waals surface area contributed by atoms with Gasteiger partial charge >= 0.3 is 12.1 Å². The first-order chi connectivity index (χ1) is 16.4. The van der Waals surface area contributed by atoms with Crippen LogP contribution < -0.4 is 10.6 Å². The molecule has 1 aliphatic rings. The molecule has 4 rings (SSSR count). The highest BCUT2D eigenvalue weighted by molar-refractivity contribution is 6.00. The van der Waals surface area contributed by atoms with Crippen molar-refractivity contribution in [2.45, 2.75) is 5.92 Å². The lowest BCUT2D eigenvalue weighted by Crippen LogP contribution is -2.26. The van der Waals surface area contributed by atoms with E-state index in [1.165, 1.54) is 18.2 Å². The summed E-state index contributed by atoms with van der Waals surface area (Å²) in [7, 11) is 0. The van der Waals surface area contributed by atoms with Crippen LogP contribution in [-0.4, -0.2) is 36.2 Å². The maximum atomic E-state index is 13.4. The zero-order valence-electron chi connectivity index (χ0n) is 18.0. The number of carbonyl (C=O) groups excluding carboxylic acids is 2. The SMILES string of the molecule is O=C(/C=C/CNC(=O)OCC1c2ccccc2-c2ccccc21)Nc1ccc(F)c(C(=O)O)c1. The van der Waals surface area contributed by atoms with Crippen molar-refractivity contribution >= 4 is 23.7 Å². The van der Waals surface area contributed by atoms with E-state index in [1.54, 1.807) is 0 Å². The lowest BCUT2D eigenvalue weighted by Gasteiger charge is -2.14. The number of ether oxygens (including phenoxy) is 1. The van der Waals surface area contributed by atoms with Crippen molar-refractivity contribution < 1.29 is 28.6 Å². The Balaban J connectivity index is 1.26. The van der Waals surface area contributed by atoms with Gasteiger partial charge in [0.05, 0.1) is 5.56 Å². The highest BCUT2D eigenvalue weighted by Gasteiger charge is 2.28. The standard InChI is InChI=1S/C26H21FN2O5/c27-23-12-11-16(14-21(23)25(31)32)29-24(30)10-5-13-28-26(33)34-15-22-19-8-3-1-6-17(19)18-7-2-4-9-20(18)22/h1-12,14,22H,13,15H2,(H,28,33)(H,29,30)(H,31,32)/b10-5+. The Kier molecular flexibility index (Phi) is 6.68. The largest absolute Gasteiger partial charge is 0.478 e. The van der Waals surface area contributed by atoms with E-state index in [0.29, 0.717) is 0 Å². The van der Waals surface area contributed by atoms with Gasteiger partial charge in [0.15, 0.2) is 0 Å². The molecule has 0 radical (unpaired) electrons. The molecule has 0 aromatic heterocycles. The summed E-state index contributed by atoms with van der Waals surface area (Å²) < 4.78 is 18.8. The molecule has 34 heavy (non-hydrogen) atoms. The molecule has 0 saturated heterocycles. The van der Waals surface area contributed by atoms with Gasteiger partial charge in [-0.05, 0) is 40.5 Å². The van der Waals surface area contributed by atoms with Gasteiger partial charge in [0, 0.05) is 24.2 Å². The number of rotatable bonds is 7. The molecule has 3 aromatic rings. The number of halogens is 1. The summed E-state index contributed by atoms with van der Waals surface area (Å²) in [5.74, 6) is -2.94. The zero-order valence-corrected chi connectivity index (χ0v) is 18.0. The van der Waals surface area contributed by atoms with Gasteiger partial charge in [-0.15, -0.1) is 0 Å². The minimum absolute atomic E-state index is 0.0495. The van der Waals surface area contributed by atoms with Crippen molar-refractivity contribution in [3.63, 3.8) is 0 Å².